The molecule has 0 fully saturated rings. The third-order valence-electron chi connectivity index (χ3n) is 2.16. The van der Waals surface area contributed by atoms with E-state index in [9.17, 15) is 4.79 Å². The number of anilines is 1. The zero-order chi connectivity index (χ0) is 10.6. The molecule has 0 radical (unpaired) electrons. The average molecular weight is 193 g/mol. The van der Waals surface area contributed by atoms with Gasteiger partial charge in [0.1, 0.15) is 0 Å². The van der Waals surface area contributed by atoms with Crippen LogP contribution in [0.15, 0.2) is 24.3 Å². The smallest absolute Gasteiger partial charge is 0.234 e. The van der Waals surface area contributed by atoms with E-state index >= 15 is 0 Å². The van der Waals surface area contributed by atoms with Crippen LogP contribution in [0.3, 0.4) is 0 Å². The number of rotatable bonds is 3. The maximum Gasteiger partial charge on any atom is 0.234 e. The number of nitrogens with two attached hydrogens (primary N) is 2. The topological polar surface area (TPSA) is 81.1 Å². The lowest BCUT2D eigenvalue weighted by Gasteiger charge is -2.10. The summed E-state index contributed by atoms with van der Waals surface area (Å²) in [6.07, 6.45) is 0.389. The van der Waals surface area contributed by atoms with Gasteiger partial charge in [-0.05, 0) is 23.6 Å². The molecule has 4 heteroatoms. The van der Waals surface area contributed by atoms with Gasteiger partial charge in [-0.15, -0.1) is 0 Å². The fraction of sp³-hybridized carbons (Fsp3) is 0.300. The van der Waals surface area contributed by atoms with E-state index in [4.69, 9.17) is 11.6 Å². The highest BCUT2D eigenvalue weighted by molar-refractivity contribution is 5.76. The van der Waals surface area contributed by atoms with Gasteiger partial charge in [-0.25, -0.2) is 5.84 Å². The van der Waals surface area contributed by atoms with Crippen molar-refractivity contribution in [1.29, 1.82) is 0 Å². The summed E-state index contributed by atoms with van der Waals surface area (Å²) in [5.41, 5.74) is 9.48. The van der Waals surface area contributed by atoms with E-state index in [2.05, 4.69) is 5.43 Å². The monoisotopic (exact) mass is 193 g/mol. The number of amides is 1. The molecule has 1 rings (SSSR count). The van der Waals surface area contributed by atoms with Gasteiger partial charge in [-0.1, -0.05) is 19.1 Å². The fourth-order valence-electron chi connectivity index (χ4n) is 1.28. The van der Waals surface area contributed by atoms with Crippen LogP contribution in [0, 0.1) is 0 Å². The van der Waals surface area contributed by atoms with Crippen molar-refractivity contribution in [3.63, 3.8) is 0 Å². The number of nitrogens with one attached hydrogen (secondary N) is 1. The molecule has 14 heavy (non-hydrogen) atoms. The van der Waals surface area contributed by atoms with Gasteiger partial charge < -0.3 is 5.73 Å². The van der Waals surface area contributed by atoms with Crippen molar-refractivity contribution >= 4 is 11.6 Å². The molecule has 1 aromatic carbocycles. The average Bonchev–Trinajstić information content (AvgIpc) is 2.18. The zero-order valence-electron chi connectivity index (χ0n) is 8.16. The van der Waals surface area contributed by atoms with E-state index in [0.29, 0.717) is 6.42 Å². The summed E-state index contributed by atoms with van der Waals surface area (Å²) >= 11 is 0. The van der Waals surface area contributed by atoms with E-state index in [-0.39, 0.29) is 11.8 Å². The van der Waals surface area contributed by atoms with Crippen molar-refractivity contribution in [3.05, 3.63) is 29.8 Å². The SMILES string of the molecule is CC(CC(=O)NN)c1ccc(N)cc1. The second-order valence-corrected chi connectivity index (χ2v) is 3.34. The molecule has 0 aliphatic heterocycles. The van der Waals surface area contributed by atoms with Crippen LogP contribution >= 0.6 is 0 Å². The predicted molar refractivity (Wildman–Crippen MR) is 56.2 cm³/mol. The molecular weight excluding hydrogens is 178 g/mol. The highest BCUT2D eigenvalue weighted by Gasteiger charge is 2.09. The summed E-state index contributed by atoms with van der Waals surface area (Å²) < 4.78 is 0. The van der Waals surface area contributed by atoms with Crippen molar-refractivity contribution < 1.29 is 4.79 Å². The summed E-state index contributed by atoms with van der Waals surface area (Å²) in [7, 11) is 0. The van der Waals surface area contributed by atoms with Gasteiger partial charge in [0.15, 0.2) is 0 Å². The predicted octanol–water partition coefficient (Wildman–Crippen LogP) is 0.752. The molecule has 0 aliphatic carbocycles. The summed E-state index contributed by atoms with van der Waals surface area (Å²) in [4.78, 5) is 11.0. The lowest BCUT2D eigenvalue weighted by molar-refractivity contribution is -0.121. The highest BCUT2D eigenvalue weighted by Crippen LogP contribution is 2.19. The van der Waals surface area contributed by atoms with E-state index in [1.807, 2.05) is 31.2 Å². The molecule has 4 nitrogen and oxygen atoms in total. The van der Waals surface area contributed by atoms with Crippen molar-refractivity contribution in [2.24, 2.45) is 5.84 Å². The van der Waals surface area contributed by atoms with Gasteiger partial charge in [0.05, 0.1) is 0 Å². The maximum absolute atomic E-state index is 11.0. The molecule has 76 valence electrons. The molecule has 1 amide bonds. The largest absolute Gasteiger partial charge is 0.399 e. The minimum absolute atomic E-state index is 0.152. The first-order valence-electron chi connectivity index (χ1n) is 4.48. The Labute approximate surface area is 83.3 Å². The Bertz CT molecular complexity index is 308. The summed E-state index contributed by atoms with van der Waals surface area (Å²) in [6, 6.07) is 7.49. The standard InChI is InChI=1S/C10H15N3O/c1-7(6-10(14)13-12)8-2-4-9(11)5-3-8/h2-5,7H,6,11-12H2,1H3,(H,13,14). The van der Waals surface area contributed by atoms with Gasteiger partial charge in [0.2, 0.25) is 5.91 Å². The number of nitrogen functional groups attached to an aromatic ring is 1. The lowest BCUT2D eigenvalue weighted by Crippen LogP contribution is -2.30. The van der Waals surface area contributed by atoms with Gasteiger partial charge in [0, 0.05) is 12.1 Å². The number of carbonyl (C=O) groups excluding carboxylic acids is 1. The van der Waals surface area contributed by atoms with Crippen LogP contribution in [0.1, 0.15) is 24.8 Å². The number of hydrogen-bond donors (Lipinski definition) is 3. The molecule has 0 saturated heterocycles. The highest BCUT2D eigenvalue weighted by atomic mass is 16.2. The van der Waals surface area contributed by atoms with Crippen molar-refractivity contribution in [2.75, 3.05) is 5.73 Å². The Kier molecular flexibility index (Phi) is 3.48. The quantitative estimate of drug-likeness (QED) is 0.287. The molecule has 1 atom stereocenters. The number of hydrogen-bond acceptors (Lipinski definition) is 3. The first kappa shape index (κ1) is 10.5. The fourth-order valence-corrected chi connectivity index (χ4v) is 1.28. The Hall–Kier alpha value is -1.55. The lowest BCUT2D eigenvalue weighted by atomic mass is 9.97. The minimum atomic E-state index is -0.158. The van der Waals surface area contributed by atoms with Crippen LogP contribution in [0.5, 0.6) is 0 Å². The third kappa shape index (κ3) is 2.74. The zero-order valence-corrected chi connectivity index (χ0v) is 8.16. The molecule has 0 heterocycles. The van der Waals surface area contributed by atoms with Crippen LogP contribution in [0.2, 0.25) is 0 Å². The van der Waals surface area contributed by atoms with Gasteiger partial charge in [-0.3, -0.25) is 10.2 Å². The van der Waals surface area contributed by atoms with Crippen LogP contribution in [0.4, 0.5) is 5.69 Å². The second-order valence-electron chi connectivity index (χ2n) is 3.34. The van der Waals surface area contributed by atoms with E-state index < -0.39 is 0 Å². The molecule has 0 aromatic heterocycles. The first-order valence-corrected chi connectivity index (χ1v) is 4.48. The maximum atomic E-state index is 11.0. The molecule has 5 N–H and O–H groups in total. The Morgan fingerprint density at radius 1 is 1.43 bits per heavy atom. The Morgan fingerprint density at radius 3 is 2.50 bits per heavy atom. The molecular formula is C10H15N3O. The normalized spacial score (nSPS) is 12.1. The number of hydrazine groups is 1. The van der Waals surface area contributed by atoms with E-state index in [1.165, 1.54) is 0 Å². The molecule has 0 aliphatic rings. The molecule has 1 aromatic rings. The van der Waals surface area contributed by atoms with Crippen LogP contribution in [0.25, 0.3) is 0 Å². The van der Waals surface area contributed by atoms with Crippen molar-refractivity contribution in [2.45, 2.75) is 19.3 Å². The second kappa shape index (κ2) is 4.62. The molecule has 0 bridgehead atoms. The summed E-state index contributed by atoms with van der Waals surface area (Å²) in [5.74, 6) is 5.00. The summed E-state index contributed by atoms with van der Waals surface area (Å²) in [5, 5.41) is 0. The van der Waals surface area contributed by atoms with Gasteiger partial charge in [-0.2, -0.15) is 0 Å². The van der Waals surface area contributed by atoms with Crippen molar-refractivity contribution in [1.82, 2.24) is 5.43 Å². The van der Waals surface area contributed by atoms with E-state index in [0.717, 1.165) is 11.3 Å². The third-order valence-corrected chi connectivity index (χ3v) is 2.16. The van der Waals surface area contributed by atoms with Gasteiger partial charge in [0.25, 0.3) is 0 Å². The summed E-state index contributed by atoms with van der Waals surface area (Å²) in [6.45, 7) is 1.97. The van der Waals surface area contributed by atoms with Crippen LogP contribution in [-0.2, 0) is 4.79 Å². The van der Waals surface area contributed by atoms with Gasteiger partial charge >= 0.3 is 0 Å². The first-order chi connectivity index (χ1) is 6.63. The molecule has 1 unspecified atom stereocenters. The molecule has 0 saturated carbocycles. The van der Waals surface area contributed by atoms with E-state index in [1.54, 1.807) is 0 Å². The Morgan fingerprint density at radius 2 is 2.00 bits per heavy atom. The Balaban J connectivity index is 2.65. The number of carbonyl (C=O) groups is 1. The van der Waals surface area contributed by atoms with Crippen LogP contribution < -0.4 is 17.0 Å². The minimum Gasteiger partial charge on any atom is -0.399 e. The van der Waals surface area contributed by atoms with Crippen LogP contribution in [-0.4, -0.2) is 5.91 Å². The van der Waals surface area contributed by atoms with Crippen molar-refractivity contribution in [3.8, 4) is 0 Å². The molecule has 0 spiro atoms. The number of benzene rings is 1.